The van der Waals surface area contributed by atoms with Gasteiger partial charge in [0.15, 0.2) is 0 Å². The molecule has 0 radical (unpaired) electrons. The maximum absolute atomic E-state index is 14.0. The lowest BCUT2D eigenvalue weighted by atomic mass is 9.77. The summed E-state index contributed by atoms with van der Waals surface area (Å²) in [6.07, 6.45) is 1.57. The van der Waals surface area contributed by atoms with Crippen molar-refractivity contribution in [3.05, 3.63) is 77.4 Å². The minimum Gasteiger partial charge on any atom is -0.342 e. The van der Waals surface area contributed by atoms with Crippen molar-refractivity contribution >= 4 is 40.4 Å². The molecule has 9 nitrogen and oxygen atoms in total. The normalized spacial score (nSPS) is 14.9. The van der Waals surface area contributed by atoms with E-state index in [-0.39, 0.29) is 22.3 Å². The van der Waals surface area contributed by atoms with Gasteiger partial charge in [-0.3, -0.25) is 14.4 Å². The van der Waals surface area contributed by atoms with Crippen LogP contribution in [-0.2, 0) is 29.8 Å². The van der Waals surface area contributed by atoms with Gasteiger partial charge in [-0.05, 0) is 58.4 Å². The van der Waals surface area contributed by atoms with Crippen LogP contribution in [0.1, 0.15) is 59.6 Å². The van der Waals surface area contributed by atoms with Gasteiger partial charge in [0.25, 0.3) is 15.9 Å². The molecule has 0 fully saturated rings. The number of rotatable bonds is 13. The Morgan fingerprint density at radius 2 is 1.48 bits per heavy atom. The quantitative estimate of drug-likeness (QED) is 0.193. The van der Waals surface area contributed by atoms with Crippen LogP contribution in [0.5, 0.6) is 0 Å². The number of amides is 3. The van der Waals surface area contributed by atoms with E-state index >= 15 is 0 Å². The lowest BCUT2D eigenvalue weighted by Gasteiger charge is -2.39. The minimum atomic E-state index is -4.09. The lowest BCUT2D eigenvalue weighted by Crippen LogP contribution is -2.62. The van der Waals surface area contributed by atoms with E-state index in [1.54, 1.807) is 46.2 Å². The second-order valence-corrected chi connectivity index (χ2v) is 15.5. The maximum Gasteiger partial charge on any atom is 0.264 e. The zero-order valence-corrected chi connectivity index (χ0v) is 29.1. The van der Waals surface area contributed by atoms with Gasteiger partial charge in [0, 0.05) is 22.8 Å². The summed E-state index contributed by atoms with van der Waals surface area (Å²) in [5.41, 5.74) is 1.37. The van der Waals surface area contributed by atoms with Crippen LogP contribution >= 0.6 is 12.6 Å². The Morgan fingerprint density at radius 3 is 1.95 bits per heavy atom. The molecule has 0 saturated carbocycles. The summed E-state index contributed by atoms with van der Waals surface area (Å²) in [7, 11) is -0.786. The highest BCUT2D eigenvalue weighted by atomic mass is 32.2. The maximum atomic E-state index is 14.0. The van der Waals surface area contributed by atoms with Crippen LogP contribution in [0.15, 0.2) is 71.1 Å². The molecule has 0 aliphatic heterocycles. The van der Waals surface area contributed by atoms with Gasteiger partial charge >= 0.3 is 0 Å². The Balaban J connectivity index is 2.33. The summed E-state index contributed by atoms with van der Waals surface area (Å²) in [5.74, 6) is -1.71. The van der Waals surface area contributed by atoms with Crippen molar-refractivity contribution in [1.29, 1.82) is 0 Å². The Labute approximate surface area is 268 Å². The third kappa shape index (κ3) is 9.18. The first-order valence-electron chi connectivity index (χ1n) is 14.6. The molecule has 0 saturated heterocycles. The molecule has 44 heavy (non-hydrogen) atoms. The Kier molecular flexibility index (Phi) is 12.4. The van der Waals surface area contributed by atoms with Gasteiger partial charge in [0.1, 0.15) is 6.04 Å². The molecular weight excluding hydrogens is 597 g/mol. The topological polar surface area (TPSA) is 125 Å². The van der Waals surface area contributed by atoms with Crippen LogP contribution in [0.3, 0.4) is 0 Å². The predicted octanol–water partition coefficient (Wildman–Crippen LogP) is 3.99. The molecule has 0 heterocycles. The van der Waals surface area contributed by atoms with Gasteiger partial charge in [-0.25, -0.2) is 13.1 Å². The van der Waals surface area contributed by atoms with E-state index in [4.69, 9.17) is 0 Å². The zero-order valence-electron chi connectivity index (χ0n) is 27.4. The van der Waals surface area contributed by atoms with Gasteiger partial charge in [0.05, 0.1) is 17.0 Å². The molecule has 3 atom stereocenters. The first-order chi connectivity index (χ1) is 20.2. The predicted molar refractivity (Wildman–Crippen MR) is 179 cm³/mol. The highest BCUT2D eigenvalue weighted by molar-refractivity contribution is 7.90. The highest BCUT2D eigenvalue weighted by Gasteiger charge is 2.42. The first kappa shape index (κ1) is 37.0. The third-order valence-electron chi connectivity index (χ3n) is 7.85. The van der Waals surface area contributed by atoms with Crippen molar-refractivity contribution in [2.24, 2.45) is 5.92 Å². The molecule has 0 bridgehead atoms. The second-order valence-electron chi connectivity index (χ2n) is 12.7. The number of nitrogens with one attached hydrogen (secondary N) is 3. The largest absolute Gasteiger partial charge is 0.342 e. The van der Waals surface area contributed by atoms with Crippen LogP contribution in [0.2, 0.25) is 0 Å². The van der Waals surface area contributed by atoms with Crippen molar-refractivity contribution in [2.75, 3.05) is 14.1 Å². The summed E-state index contributed by atoms with van der Waals surface area (Å²) in [6.45, 7) is 14.5. The monoisotopic (exact) mass is 644 g/mol. The molecule has 0 aliphatic carbocycles. The number of likely N-dealkylation sites (N-methyl/N-ethyl adjacent to an activating group) is 2. The standard InChI is InChI=1S/C33H48N4O5S2/c1-21(2)26(20-23(4)29(38)36-44(41,42)25-18-16-22(3)17-19-25)37(10)31(40)28(33(7,8)43)35-30(39)27(34-9)32(5,6)24-14-12-11-13-15-24/h11-21,26-28,34,43H,1-10H3,(H,35,39)(H,36,38)/b23-20+/t26-,27-,28-/m1/s1. The fourth-order valence-corrected chi connectivity index (χ4v) is 6.23. The Bertz CT molecular complexity index is 1450. The van der Waals surface area contributed by atoms with Crippen molar-refractivity contribution < 1.29 is 22.8 Å². The molecule has 0 unspecified atom stereocenters. The summed E-state index contributed by atoms with van der Waals surface area (Å²) < 4.78 is 26.7. The average Bonchev–Trinajstić information content (AvgIpc) is 2.93. The number of benzene rings is 2. The van der Waals surface area contributed by atoms with Gasteiger partial charge in [-0.1, -0.05) is 81.8 Å². The SMILES string of the molecule is CN[C@H](C(=O)N[C@H](C(=O)N(C)[C@H](/C=C(\C)C(=O)NS(=O)(=O)c1ccc(C)cc1)C(C)C)C(C)(C)S)C(C)(C)c1ccccc1. The zero-order chi connectivity index (χ0) is 33.6. The fourth-order valence-electron chi connectivity index (χ4n) is 5.03. The highest BCUT2D eigenvalue weighted by Crippen LogP contribution is 2.28. The smallest absolute Gasteiger partial charge is 0.264 e. The number of carbonyl (C=O) groups is 3. The fraction of sp³-hybridized carbons (Fsp3) is 0.485. The summed E-state index contributed by atoms with van der Waals surface area (Å²) in [6, 6.07) is 13.6. The van der Waals surface area contributed by atoms with E-state index in [0.717, 1.165) is 11.1 Å². The molecule has 3 N–H and O–H groups in total. The summed E-state index contributed by atoms with van der Waals surface area (Å²) in [4.78, 5) is 42.1. The summed E-state index contributed by atoms with van der Waals surface area (Å²) in [5, 5.41) is 6.05. The third-order valence-corrected chi connectivity index (χ3v) is 9.45. The summed E-state index contributed by atoms with van der Waals surface area (Å²) >= 11 is 4.68. The molecule has 0 aliphatic rings. The number of thiol groups is 1. The van der Waals surface area contributed by atoms with Gasteiger partial charge in [-0.15, -0.1) is 0 Å². The van der Waals surface area contributed by atoms with Gasteiger partial charge in [-0.2, -0.15) is 12.6 Å². The van der Waals surface area contributed by atoms with E-state index in [9.17, 15) is 22.8 Å². The lowest BCUT2D eigenvalue weighted by molar-refractivity contribution is -0.138. The number of nitrogens with zero attached hydrogens (tertiary/aromatic N) is 1. The van der Waals surface area contributed by atoms with Crippen LogP contribution in [0, 0.1) is 12.8 Å². The van der Waals surface area contributed by atoms with E-state index in [0.29, 0.717) is 0 Å². The minimum absolute atomic E-state index is 0.0261. The first-order valence-corrected chi connectivity index (χ1v) is 16.5. The van der Waals surface area contributed by atoms with Crippen LogP contribution in [-0.4, -0.2) is 68.0 Å². The van der Waals surface area contributed by atoms with E-state index in [1.807, 2.05) is 65.0 Å². The van der Waals surface area contributed by atoms with Crippen LogP contribution in [0.25, 0.3) is 0 Å². The molecule has 2 aromatic carbocycles. The molecule has 11 heteroatoms. The molecule has 2 rings (SSSR count). The number of sulfonamides is 1. The van der Waals surface area contributed by atoms with Crippen molar-refractivity contribution in [1.82, 2.24) is 20.3 Å². The van der Waals surface area contributed by atoms with Gasteiger partial charge < -0.3 is 15.5 Å². The molecular formula is C33H48N4O5S2. The van der Waals surface area contributed by atoms with Crippen molar-refractivity contribution in [3.63, 3.8) is 0 Å². The van der Waals surface area contributed by atoms with E-state index in [1.165, 1.54) is 24.0 Å². The number of aryl methyl sites for hydroxylation is 1. The molecule has 0 aromatic heterocycles. The van der Waals surface area contributed by atoms with Crippen molar-refractivity contribution in [2.45, 2.75) is 88.6 Å². The molecule has 3 amide bonds. The Morgan fingerprint density at radius 1 is 0.932 bits per heavy atom. The molecule has 0 spiro atoms. The van der Waals surface area contributed by atoms with Gasteiger partial charge in [0.2, 0.25) is 11.8 Å². The van der Waals surface area contributed by atoms with E-state index in [2.05, 4.69) is 28.0 Å². The van der Waals surface area contributed by atoms with Crippen LogP contribution < -0.4 is 15.4 Å². The van der Waals surface area contributed by atoms with E-state index < -0.39 is 50.1 Å². The average molecular weight is 645 g/mol. The van der Waals surface area contributed by atoms with Crippen molar-refractivity contribution in [3.8, 4) is 0 Å². The Hall–Kier alpha value is -3.15. The number of carbonyl (C=O) groups excluding carboxylic acids is 3. The molecule has 2 aromatic rings. The second kappa shape index (κ2) is 14.8. The molecule has 242 valence electrons. The van der Waals surface area contributed by atoms with Crippen LogP contribution in [0.4, 0.5) is 0 Å². The number of hydrogen-bond acceptors (Lipinski definition) is 7. The number of hydrogen-bond donors (Lipinski definition) is 4.